The Labute approximate surface area is 116 Å². The maximum absolute atomic E-state index is 3.63. The van der Waals surface area contributed by atoms with Gasteiger partial charge in [0.1, 0.15) is 0 Å². The fourth-order valence-electron chi connectivity index (χ4n) is 3.62. The Hall–Kier alpha value is -1.34. The monoisotopic (exact) mass is 253 g/mol. The molecule has 0 aliphatic heterocycles. The lowest BCUT2D eigenvalue weighted by molar-refractivity contribution is 0.412. The molecule has 1 fully saturated rings. The molecular weight excluding hydrogens is 230 g/mol. The zero-order chi connectivity index (χ0) is 13.2. The van der Waals surface area contributed by atoms with Gasteiger partial charge in [0, 0.05) is 6.04 Å². The van der Waals surface area contributed by atoms with Crippen LogP contribution in [0.25, 0.3) is 10.8 Å². The van der Waals surface area contributed by atoms with Crippen LogP contribution in [0, 0.1) is 5.92 Å². The van der Waals surface area contributed by atoms with Gasteiger partial charge >= 0.3 is 0 Å². The van der Waals surface area contributed by atoms with Crippen molar-refractivity contribution in [1.29, 1.82) is 0 Å². The molecule has 1 heteroatoms. The molecule has 3 atom stereocenters. The lowest BCUT2D eigenvalue weighted by atomic mass is 9.88. The van der Waals surface area contributed by atoms with Gasteiger partial charge < -0.3 is 5.32 Å². The maximum Gasteiger partial charge on any atom is 0.00986 e. The number of hydrogen-bond acceptors (Lipinski definition) is 1. The third-order valence-electron chi connectivity index (χ3n) is 4.73. The Morgan fingerprint density at radius 1 is 1.05 bits per heavy atom. The van der Waals surface area contributed by atoms with Crippen molar-refractivity contribution in [2.45, 2.75) is 38.6 Å². The summed E-state index contributed by atoms with van der Waals surface area (Å²) in [6.45, 7) is 5.69. The van der Waals surface area contributed by atoms with Crippen LogP contribution in [0.1, 0.15) is 38.2 Å². The molecule has 2 aromatic rings. The fourth-order valence-corrected chi connectivity index (χ4v) is 3.62. The van der Waals surface area contributed by atoms with Crippen LogP contribution in [0.5, 0.6) is 0 Å². The van der Waals surface area contributed by atoms with Crippen molar-refractivity contribution in [2.24, 2.45) is 5.92 Å². The van der Waals surface area contributed by atoms with Crippen molar-refractivity contribution in [2.75, 3.05) is 6.54 Å². The summed E-state index contributed by atoms with van der Waals surface area (Å²) in [5.74, 6) is 1.45. The SMILES string of the molecule is CCNC1CCC(c2ccc3ccccc3c2)C1C. The topological polar surface area (TPSA) is 12.0 Å². The van der Waals surface area contributed by atoms with Gasteiger partial charge in [-0.05, 0) is 47.6 Å². The molecule has 0 saturated heterocycles. The predicted octanol–water partition coefficient (Wildman–Crippen LogP) is 4.33. The van der Waals surface area contributed by atoms with Gasteiger partial charge in [-0.2, -0.15) is 0 Å². The van der Waals surface area contributed by atoms with Gasteiger partial charge in [0.25, 0.3) is 0 Å². The summed E-state index contributed by atoms with van der Waals surface area (Å²) in [7, 11) is 0. The highest BCUT2D eigenvalue weighted by Crippen LogP contribution is 2.40. The number of rotatable bonds is 3. The number of benzene rings is 2. The van der Waals surface area contributed by atoms with E-state index in [1.54, 1.807) is 0 Å². The molecule has 1 saturated carbocycles. The van der Waals surface area contributed by atoms with E-state index >= 15 is 0 Å². The van der Waals surface area contributed by atoms with E-state index in [2.05, 4.69) is 61.6 Å². The number of fused-ring (bicyclic) bond motifs is 1. The molecule has 1 N–H and O–H groups in total. The molecule has 0 bridgehead atoms. The van der Waals surface area contributed by atoms with Crippen molar-refractivity contribution in [1.82, 2.24) is 5.32 Å². The lowest BCUT2D eigenvalue weighted by Gasteiger charge is -2.22. The van der Waals surface area contributed by atoms with Crippen LogP contribution in [-0.2, 0) is 0 Å². The van der Waals surface area contributed by atoms with E-state index in [0.717, 1.165) is 12.5 Å². The van der Waals surface area contributed by atoms with Crippen LogP contribution in [-0.4, -0.2) is 12.6 Å². The fraction of sp³-hybridized carbons (Fsp3) is 0.444. The molecule has 0 spiro atoms. The van der Waals surface area contributed by atoms with E-state index in [0.29, 0.717) is 12.0 Å². The second kappa shape index (κ2) is 5.34. The minimum atomic E-state index is 0.696. The smallest absolute Gasteiger partial charge is 0.00986 e. The highest BCUT2D eigenvalue weighted by atomic mass is 14.9. The van der Waals surface area contributed by atoms with Crippen LogP contribution in [0.4, 0.5) is 0 Å². The van der Waals surface area contributed by atoms with Gasteiger partial charge in [0.05, 0.1) is 0 Å². The summed E-state index contributed by atoms with van der Waals surface area (Å²) in [5.41, 5.74) is 1.52. The molecule has 0 heterocycles. The van der Waals surface area contributed by atoms with Gasteiger partial charge in [-0.25, -0.2) is 0 Å². The molecule has 1 aliphatic carbocycles. The zero-order valence-corrected chi connectivity index (χ0v) is 11.9. The molecule has 0 radical (unpaired) electrons. The first-order valence-corrected chi connectivity index (χ1v) is 7.51. The summed E-state index contributed by atoms with van der Waals surface area (Å²) in [6.07, 6.45) is 2.63. The molecule has 100 valence electrons. The van der Waals surface area contributed by atoms with Crippen molar-refractivity contribution in [3.8, 4) is 0 Å². The molecule has 1 aliphatic rings. The average Bonchev–Trinajstić information content (AvgIpc) is 2.80. The minimum absolute atomic E-state index is 0.696. The van der Waals surface area contributed by atoms with E-state index in [-0.39, 0.29) is 0 Å². The highest BCUT2D eigenvalue weighted by Gasteiger charge is 2.32. The van der Waals surface area contributed by atoms with Gasteiger partial charge in [0.15, 0.2) is 0 Å². The van der Waals surface area contributed by atoms with Crippen LogP contribution in [0.15, 0.2) is 42.5 Å². The quantitative estimate of drug-likeness (QED) is 0.858. The van der Waals surface area contributed by atoms with Gasteiger partial charge in [0.2, 0.25) is 0 Å². The first kappa shape index (κ1) is 12.7. The van der Waals surface area contributed by atoms with Crippen LogP contribution in [0.3, 0.4) is 0 Å². The van der Waals surface area contributed by atoms with Crippen molar-refractivity contribution < 1.29 is 0 Å². The van der Waals surface area contributed by atoms with Crippen molar-refractivity contribution in [3.05, 3.63) is 48.0 Å². The summed E-state index contributed by atoms with van der Waals surface area (Å²) in [4.78, 5) is 0. The van der Waals surface area contributed by atoms with E-state index in [1.807, 2.05) is 0 Å². The first-order chi connectivity index (χ1) is 9.29. The van der Waals surface area contributed by atoms with E-state index in [4.69, 9.17) is 0 Å². The Morgan fingerprint density at radius 3 is 2.63 bits per heavy atom. The standard InChI is InChI=1S/C18H23N/c1-3-19-18-11-10-17(13(18)2)16-9-8-14-6-4-5-7-15(14)12-16/h4-9,12-13,17-19H,3,10-11H2,1-2H3. The molecular formula is C18H23N. The summed E-state index contributed by atoms with van der Waals surface area (Å²) in [5, 5.41) is 6.35. The molecule has 19 heavy (non-hydrogen) atoms. The third kappa shape index (κ3) is 2.40. The maximum atomic E-state index is 3.63. The molecule has 3 rings (SSSR count). The van der Waals surface area contributed by atoms with Gasteiger partial charge in [-0.1, -0.05) is 56.3 Å². The third-order valence-corrected chi connectivity index (χ3v) is 4.73. The van der Waals surface area contributed by atoms with E-state index in [9.17, 15) is 0 Å². The Bertz CT molecular complexity index is 560. The number of nitrogens with one attached hydrogen (secondary N) is 1. The summed E-state index contributed by atoms with van der Waals surface area (Å²) >= 11 is 0. The summed E-state index contributed by atoms with van der Waals surface area (Å²) in [6, 6.07) is 16.4. The van der Waals surface area contributed by atoms with Crippen LogP contribution < -0.4 is 5.32 Å². The predicted molar refractivity (Wildman–Crippen MR) is 82.6 cm³/mol. The van der Waals surface area contributed by atoms with Gasteiger partial charge in [-0.3, -0.25) is 0 Å². The minimum Gasteiger partial charge on any atom is -0.314 e. The second-order valence-electron chi connectivity index (χ2n) is 5.81. The van der Waals surface area contributed by atoms with E-state index in [1.165, 1.54) is 29.2 Å². The Morgan fingerprint density at radius 2 is 1.84 bits per heavy atom. The summed E-state index contributed by atoms with van der Waals surface area (Å²) < 4.78 is 0. The second-order valence-corrected chi connectivity index (χ2v) is 5.81. The first-order valence-electron chi connectivity index (χ1n) is 7.51. The Kier molecular flexibility index (Phi) is 3.56. The normalized spacial score (nSPS) is 26.9. The van der Waals surface area contributed by atoms with Crippen molar-refractivity contribution >= 4 is 10.8 Å². The Balaban J connectivity index is 1.88. The average molecular weight is 253 g/mol. The molecule has 0 aromatic heterocycles. The van der Waals surface area contributed by atoms with Crippen molar-refractivity contribution in [3.63, 3.8) is 0 Å². The number of hydrogen-bond donors (Lipinski definition) is 1. The van der Waals surface area contributed by atoms with Crippen LogP contribution >= 0.6 is 0 Å². The highest BCUT2D eigenvalue weighted by molar-refractivity contribution is 5.83. The lowest BCUT2D eigenvalue weighted by Crippen LogP contribution is -2.32. The van der Waals surface area contributed by atoms with Gasteiger partial charge in [-0.15, -0.1) is 0 Å². The molecule has 3 unspecified atom stereocenters. The largest absolute Gasteiger partial charge is 0.314 e. The molecule has 1 nitrogen and oxygen atoms in total. The van der Waals surface area contributed by atoms with E-state index < -0.39 is 0 Å². The molecule has 0 amide bonds. The molecule has 2 aromatic carbocycles. The van der Waals surface area contributed by atoms with Crippen LogP contribution in [0.2, 0.25) is 0 Å². The zero-order valence-electron chi connectivity index (χ0n) is 11.9.